The van der Waals surface area contributed by atoms with Gasteiger partial charge in [0.2, 0.25) is 7.37 Å². The van der Waals surface area contributed by atoms with Crippen LogP contribution in [0.5, 0.6) is 5.75 Å². The molecule has 0 spiro atoms. The summed E-state index contributed by atoms with van der Waals surface area (Å²) < 4.78 is 139. The summed E-state index contributed by atoms with van der Waals surface area (Å²) in [6.45, 7) is 0.308. The molecule has 0 radical (unpaired) electrons. The summed E-state index contributed by atoms with van der Waals surface area (Å²) in [4.78, 5) is 14.9. The molecular formula is C30H39B3F9NO5S2. The van der Waals surface area contributed by atoms with Gasteiger partial charge in [0.1, 0.15) is 13.5 Å². The molecule has 5 rings (SSSR count). The monoisotopic (exact) mass is 761 g/mol. The van der Waals surface area contributed by atoms with Crippen LogP contribution in [0.25, 0.3) is 0 Å². The van der Waals surface area contributed by atoms with E-state index in [1.54, 1.807) is 26.4 Å². The number of carbonyl (C=O) groups is 1. The van der Waals surface area contributed by atoms with Gasteiger partial charge in [-0.3, -0.25) is 0 Å². The highest BCUT2D eigenvalue weighted by atomic mass is 33.1. The lowest BCUT2D eigenvalue weighted by Crippen LogP contribution is -2.67. The number of halogens is 9. The fourth-order valence-corrected chi connectivity index (χ4v) is 10.9. The van der Waals surface area contributed by atoms with Gasteiger partial charge in [0.15, 0.2) is 0 Å². The van der Waals surface area contributed by atoms with E-state index < -0.39 is 43.3 Å². The van der Waals surface area contributed by atoms with Crippen molar-refractivity contribution in [3.63, 3.8) is 0 Å². The standard InChI is InChI=1S/C30H39B3F9NO5S2/c1-26-11-9-21-20-6-4-19(47-25(44)43(33-48-32-31)18-10-14-49-50-16-18)15-17(20)3-5-22(21)23(26)7-8-24(26)45-12-2-13-46-27(28(34,35)36,29(37,38)39)30(40,41)42/h4,6,15,18,21-24,32-33H,2-3,5,7-14,16,31H2,1H3. The molecule has 20 heteroatoms. The van der Waals surface area contributed by atoms with Crippen LogP contribution in [0.15, 0.2) is 18.2 Å². The molecule has 1 aromatic carbocycles. The maximum atomic E-state index is 13.2. The Balaban J connectivity index is 1.18. The number of nitrogens with zero attached hydrogens (tertiary/aromatic N) is 1. The van der Waals surface area contributed by atoms with Gasteiger partial charge in [-0.1, -0.05) is 34.6 Å². The molecule has 1 aliphatic heterocycles. The number of amides is 1. The summed E-state index contributed by atoms with van der Waals surface area (Å²) in [6, 6.07) is 5.82. The molecule has 6 nitrogen and oxygen atoms in total. The maximum absolute atomic E-state index is 13.2. The minimum atomic E-state index is -6.75. The van der Waals surface area contributed by atoms with Crippen LogP contribution in [-0.2, 0) is 20.5 Å². The predicted octanol–water partition coefficient (Wildman–Crippen LogP) is 6.90. The highest BCUT2D eigenvalue weighted by molar-refractivity contribution is 8.76. The van der Waals surface area contributed by atoms with Crippen LogP contribution in [0.1, 0.15) is 68.9 Å². The van der Waals surface area contributed by atoms with Crippen molar-refractivity contribution in [2.45, 2.75) is 100 Å². The molecule has 0 N–H and O–H groups in total. The van der Waals surface area contributed by atoms with Gasteiger partial charge in [-0.05, 0) is 97.8 Å². The Morgan fingerprint density at radius 2 is 1.70 bits per heavy atom. The van der Waals surface area contributed by atoms with Gasteiger partial charge in [0.25, 0.3) is 0 Å². The molecule has 1 saturated heterocycles. The normalized spacial score (nSPS) is 28.6. The second kappa shape index (κ2) is 15.5. The summed E-state index contributed by atoms with van der Waals surface area (Å²) in [5.41, 5.74) is -4.24. The molecule has 0 bridgehead atoms. The molecule has 4 aliphatic rings. The summed E-state index contributed by atoms with van der Waals surface area (Å²) in [5.74, 6) is 3.05. The van der Waals surface area contributed by atoms with Crippen molar-refractivity contribution in [1.82, 2.24) is 4.81 Å². The van der Waals surface area contributed by atoms with E-state index in [0.717, 1.165) is 55.6 Å². The van der Waals surface area contributed by atoms with Crippen LogP contribution in [0.4, 0.5) is 44.3 Å². The van der Waals surface area contributed by atoms with Crippen molar-refractivity contribution in [3.05, 3.63) is 29.3 Å². The molecule has 278 valence electrons. The fraction of sp³-hybridized carbons (Fsp3) is 0.767. The topological polar surface area (TPSA) is 57.2 Å². The minimum Gasteiger partial charge on any atom is -0.492 e. The number of hydrogen-bond acceptors (Lipinski definition) is 7. The van der Waals surface area contributed by atoms with E-state index in [1.807, 2.05) is 25.9 Å². The van der Waals surface area contributed by atoms with E-state index in [9.17, 15) is 44.3 Å². The van der Waals surface area contributed by atoms with Crippen LogP contribution in [0.2, 0.25) is 0 Å². The second-order valence-electron chi connectivity index (χ2n) is 13.6. The second-order valence-corrected chi connectivity index (χ2v) is 16.3. The SMILES string of the molecule is BBOBN(C(=O)Oc1ccc2c(c1)CCC1C2CCC2(C)C(OCCCOC(C(F)(F)F)(C(F)(F)F)C(F)(F)F)CCC12)C1CCSSC1. The van der Waals surface area contributed by atoms with Gasteiger partial charge in [-0.15, -0.1) is 0 Å². The number of hydrogen-bond donors (Lipinski definition) is 0. The zero-order chi connectivity index (χ0) is 36.5. The highest BCUT2D eigenvalue weighted by Gasteiger charge is 2.85. The fourth-order valence-electron chi connectivity index (χ4n) is 8.44. The van der Waals surface area contributed by atoms with Crippen molar-refractivity contribution in [3.8, 4) is 5.75 Å². The van der Waals surface area contributed by atoms with Gasteiger partial charge in [0.05, 0.1) is 12.7 Å². The molecule has 1 heterocycles. The van der Waals surface area contributed by atoms with Crippen molar-refractivity contribution < 1.29 is 63.1 Å². The molecule has 1 amide bonds. The number of benzene rings is 1. The van der Waals surface area contributed by atoms with Crippen LogP contribution < -0.4 is 4.74 Å². The van der Waals surface area contributed by atoms with Crippen LogP contribution in [0, 0.1) is 17.3 Å². The Kier molecular flexibility index (Phi) is 12.4. The van der Waals surface area contributed by atoms with Crippen molar-refractivity contribution in [1.29, 1.82) is 0 Å². The lowest BCUT2D eigenvalue weighted by Gasteiger charge is -2.50. The first-order chi connectivity index (χ1) is 23.4. The Morgan fingerprint density at radius 3 is 2.34 bits per heavy atom. The Hall–Kier alpha value is -1.37. The number of aryl methyl sites for hydroxylation is 1. The third-order valence-electron chi connectivity index (χ3n) is 10.9. The Bertz CT molecular complexity index is 1300. The quantitative estimate of drug-likeness (QED) is 0.105. The molecule has 2 saturated carbocycles. The van der Waals surface area contributed by atoms with Crippen molar-refractivity contribution >= 4 is 50.4 Å². The first kappa shape index (κ1) is 39.8. The van der Waals surface area contributed by atoms with Gasteiger partial charge < -0.3 is 23.6 Å². The smallest absolute Gasteiger partial charge is 0.435 e. The number of carbonyl (C=O) groups excluding carboxylic acids is 1. The summed E-state index contributed by atoms with van der Waals surface area (Å²) >= 11 is 0. The molecular weight excluding hydrogens is 722 g/mol. The van der Waals surface area contributed by atoms with E-state index in [1.165, 1.54) is 5.56 Å². The molecule has 3 fully saturated rings. The predicted molar refractivity (Wildman–Crippen MR) is 177 cm³/mol. The van der Waals surface area contributed by atoms with Crippen LogP contribution in [-0.4, -0.2) is 94.6 Å². The first-order valence-corrected chi connectivity index (χ1v) is 19.3. The van der Waals surface area contributed by atoms with Gasteiger partial charge in [0, 0.05) is 24.2 Å². The number of ether oxygens (including phenoxy) is 3. The summed E-state index contributed by atoms with van der Waals surface area (Å²) in [6.07, 6.45) is -16.1. The molecule has 6 unspecified atom stereocenters. The largest absolute Gasteiger partial charge is 0.492 e. The zero-order valence-electron chi connectivity index (χ0n) is 27.7. The highest BCUT2D eigenvalue weighted by Crippen LogP contribution is 2.62. The summed E-state index contributed by atoms with van der Waals surface area (Å²) in [5, 5.41) is 0. The van der Waals surface area contributed by atoms with Gasteiger partial charge in [-0.2, -0.15) is 39.5 Å². The number of fused-ring (bicyclic) bond motifs is 5. The Morgan fingerprint density at radius 1 is 0.980 bits per heavy atom. The lowest BCUT2D eigenvalue weighted by molar-refractivity contribution is -0.457. The summed E-state index contributed by atoms with van der Waals surface area (Å²) in [7, 11) is 6.02. The van der Waals surface area contributed by atoms with Crippen LogP contribution >= 0.6 is 21.6 Å². The average molecular weight is 761 g/mol. The third kappa shape index (κ3) is 7.79. The minimum absolute atomic E-state index is 0.0282. The lowest BCUT2D eigenvalue weighted by atomic mass is 9.55. The van der Waals surface area contributed by atoms with Gasteiger partial charge >= 0.3 is 37.8 Å². The van der Waals surface area contributed by atoms with E-state index in [0.29, 0.717) is 25.5 Å². The molecule has 3 aliphatic carbocycles. The maximum Gasteiger partial charge on any atom is 0.435 e. The van der Waals surface area contributed by atoms with E-state index in [2.05, 4.69) is 11.7 Å². The molecule has 6 atom stereocenters. The number of rotatable bonds is 11. The molecule has 1 aromatic rings. The van der Waals surface area contributed by atoms with E-state index in [4.69, 9.17) is 14.0 Å². The first-order valence-electron chi connectivity index (χ1n) is 16.8. The third-order valence-corrected chi connectivity index (χ3v) is 13.4. The zero-order valence-corrected chi connectivity index (χ0v) is 29.4. The van der Waals surface area contributed by atoms with Crippen LogP contribution in [0.3, 0.4) is 0 Å². The Labute approximate surface area is 295 Å². The molecule has 50 heavy (non-hydrogen) atoms. The number of alkyl halides is 9. The average Bonchev–Trinajstić information content (AvgIpc) is 3.37. The van der Waals surface area contributed by atoms with Crippen molar-refractivity contribution in [2.24, 2.45) is 17.3 Å². The van der Waals surface area contributed by atoms with Gasteiger partial charge in [-0.25, -0.2) is 4.79 Å². The van der Waals surface area contributed by atoms with E-state index >= 15 is 0 Å². The van der Waals surface area contributed by atoms with Crippen molar-refractivity contribution in [2.75, 3.05) is 24.7 Å². The molecule has 0 aromatic heterocycles. The van der Waals surface area contributed by atoms with E-state index in [-0.39, 0.29) is 43.6 Å².